The molecule has 0 unspecified atom stereocenters. The standard InChI is InChI=1S/C24H29FN2O2/c1-17(2)12-24(29)27(16-19-8-10-21(25)11-9-19)22-5-3-4-20(13-22)14-23(28)26-15-18-6-7-18/h3-5,8-11,13,17-18H,6-7,12,14-16H2,1-2H3,(H,26,28). The van der Waals surface area contributed by atoms with Crippen LogP contribution >= 0.6 is 0 Å². The predicted octanol–water partition coefficient (Wildman–Crippen LogP) is 4.47. The van der Waals surface area contributed by atoms with E-state index in [-0.39, 0.29) is 23.5 Å². The summed E-state index contributed by atoms with van der Waals surface area (Å²) in [6.07, 6.45) is 3.12. The number of benzene rings is 2. The van der Waals surface area contributed by atoms with Gasteiger partial charge < -0.3 is 10.2 Å². The van der Waals surface area contributed by atoms with Crippen molar-refractivity contribution in [2.75, 3.05) is 11.4 Å². The van der Waals surface area contributed by atoms with Crippen LogP contribution in [-0.4, -0.2) is 18.4 Å². The van der Waals surface area contributed by atoms with Crippen LogP contribution in [-0.2, 0) is 22.6 Å². The van der Waals surface area contributed by atoms with Crippen LogP contribution in [0, 0.1) is 17.7 Å². The van der Waals surface area contributed by atoms with E-state index in [1.165, 1.54) is 25.0 Å². The van der Waals surface area contributed by atoms with Crippen molar-refractivity contribution in [2.45, 2.75) is 46.1 Å². The lowest BCUT2D eigenvalue weighted by atomic mass is 10.1. The minimum absolute atomic E-state index is 0.00708. The molecule has 3 rings (SSSR count). The van der Waals surface area contributed by atoms with E-state index in [1.54, 1.807) is 17.0 Å². The first-order valence-electron chi connectivity index (χ1n) is 10.3. The molecule has 1 aliphatic carbocycles. The number of hydrogen-bond donors (Lipinski definition) is 1. The van der Waals surface area contributed by atoms with Crippen molar-refractivity contribution >= 4 is 17.5 Å². The third kappa shape index (κ3) is 6.70. The Bertz CT molecular complexity index is 844. The molecule has 0 spiro atoms. The van der Waals surface area contributed by atoms with Crippen LogP contribution in [0.1, 0.15) is 44.2 Å². The molecule has 0 radical (unpaired) electrons. The lowest BCUT2D eigenvalue weighted by Crippen LogP contribution is -2.31. The Labute approximate surface area is 172 Å². The van der Waals surface area contributed by atoms with Gasteiger partial charge in [-0.25, -0.2) is 4.39 Å². The van der Waals surface area contributed by atoms with E-state index >= 15 is 0 Å². The van der Waals surface area contributed by atoms with Crippen LogP contribution in [0.25, 0.3) is 0 Å². The van der Waals surface area contributed by atoms with Gasteiger partial charge in [-0.1, -0.05) is 38.1 Å². The van der Waals surface area contributed by atoms with Gasteiger partial charge in [-0.15, -0.1) is 0 Å². The van der Waals surface area contributed by atoms with E-state index in [9.17, 15) is 14.0 Å². The van der Waals surface area contributed by atoms with Crippen molar-refractivity contribution in [1.82, 2.24) is 5.32 Å². The van der Waals surface area contributed by atoms with E-state index in [1.807, 2.05) is 38.1 Å². The zero-order valence-corrected chi connectivity index (χ0v) is 17.2. The number of carbonyl (C=O) groups is 2. The Hall–Kier alpha value is -2.69. The molecule has 1 N–H and O–H groups in total. The third-order valence-electron chi connectivity index (χ3n) is 5.01. The Kier molecular flexibility index (Phi) is 7.02. The van der Waals surface area contributed by atoms with Crippen molar-refractivity contribution in [2.24, 2.45) is 11.8 Å². The smallest absolute Gasteiger partial charge is 0.227 e. The van der Waals surface area contributed by atoms with Gasteiger partial charge in [0.2, 0.25) is 11.8 Å². The molecule has 0 saturated heterocycles. The van der Waals surface area contributed by atoms with Crippen LogP contribution in [0.4, 0.5) is 10.1 Å². The maximum atomic E-state index is 13.3. The van der Waals surface area contributed by atoms with Gasteiger partial charge in [0.25, 0.3) is 0 Å². The topological polar surface area (TPSA) is 49.4 Å². The van der Waals surface area contributed by atoms with Gasteiger partial charge in [0.15, 0.2) is 0 Å². The summed E-state index contributed by atoms with van der Waals surface area (Å²) < 4.78 is 13.3. The zero-order valence-electron chi connectivity index (χ0n) is 17.2. The van der Waals surface area contributed by atoms with E-state index in [2.05, 4.69) is 5.32 Å². The summed E-state index contributed by atoms with van der Waals surface area (Å²) in [6, 6.07) is 13.8. The van der Waals surface area contributed by atoms with Crippen LogP contribution in [0.5, 0.6) is 0 Å². The Morgan fingerprint density at radius 2 is 1.83 bits per heavy atom. The summed E-state index contributed by atoms with van der Waals surface area (Å²) in [5.74, 6) is 0.597. The van der Waals surface area contributed by atoms with Crippen LogP contribution in [0.2, 0.25) is 0 Å². The molecule has 4 nitrogen and oxygen atoms in total. The summed E-state index contributed by atoms with van der Waals surface area (Å²) in [7, 11) is 0. The zero-order chi connectivity index (χ0) is 20.8. The molecule has 0 aromatic heterocycles. The second kappa shape index (κ2) is 9.68. The van der Waals surface area contributed by atoms with Gasteiger partial charge in [-0.05, 0) is 60.1 Å². The van der Waals surface area contributed by atoms with Gasteiger partial charge in [0, 0.05) is 18.7 Å². The van der Waals surface area contributed by atoms with Crippen LogP contribution in [0.3, 0.4) is 0 Å². The number of anilines is 1. The van der Waals surface area contributed by atoms with Gasteiger partial charge in [-0.2, -0.15) is 0 Å². The lowest BCUT2D eigenvalue weighted by molar-refractivity contribution is -0.120. The molecule has 0 heterocycles. The van der Waals surface area contributed by atoms with Crippen LogP contribution in [0.15, 0.2) is 48.5 Å². The molecule has 0 atom stereocenters. The summed E-state index contributed by atoms with van der Waals surface area (Å²) in [5, 5.41) is 2.98. The molecule has 5 heteroatoms. The highest BCUT2D eigenvalue weighted by Crippen LogP contribution is 2.27. The number of rotatable bonds is 9. The highest BCUT2D eigenvalue weighted by molar-refractivity contribution is 5.93. The lowest BCUT2D eigenvalue weighted by Gasteiger charge is -2.24. The van der Waals surface area contributed by atoms with Crippen molar-refractivity contribution in [1.29, 1.82) is 0 Å². The van der Waals surface area contributed by atoms with E-state index in [0.717, 1.165) is 23.4 Å². The predicted molar refractivity (Wildman–Crippen MR) is 113 cm³/mol. The van der Waals surface area contributed by atoms with Crippen LogP contribution < -0.4 is 10.2 Å². The molecule has 2 aromatic rings. The number of amides is 2. The minimum Gasteiger partial charge on any atom is -0.356 e. The van der Waals surface area contributed by atoms with E-state index < -0.39 is 0 Å². The van der Waals surface area contributed by atoms with Crippen molar-refractivity contribution < 1.29 is 14.0 Å². The van der Waals surface area contributed by atoms with E-state index in [0.29, 0.717) is 25.3 Å². The molecule has 29 heavy (non-hydrogen) atoms. The fraction of sp³-hybridized carbons (Fsp3) is 0.417. The number of hydrogen-bond acceptors (Lipinski definition) is 2. The summed E-state index contributed by atoms with van der Waals surface area (Å²) in [4.78, 5) is 26.8. The highest BCUT2D eigenvalue weighted by Gasteiger charge is 2.22. The van der Waals surface area contributed by atoms with Gasteiger partial charge in [-0.3, -0.25) is 9.59 Å². The number of halogens is 1. The fourth-order valence-corrected chi connectivity index (χ4v) is 3.22. The molecular weight excluding hydrogens is 367 g/mol. The highest BCUT2D eigenvalue weighted by atomic mass is 19.1. The molecule has 1 aliphatic rings. The average Bonchev–Trinajstić information content (AvgIpc) is 3.50. The summed E-state index contributed by atoms with van der Waals surface area (Å²) >= 11 is 0. The number of carbonyl (C=O) groups excluding carboxylic acids is 2. The molecule has 2 aromatic carbocycles. The molecule has 1 saturated carbocycles. The molecule has 0 bridgehead atoms. The molecule has 0 aliphatic heterocycles. The SMILES string of the molecule is CC(C)CC(=O)N(Cc1ccc(F)cc1)c1cccc(CC(=O)NCC2CC2)c1. The van der Waals surface area contributed by atoms with Gasteiger partial charge in [0.05, 0.1) is 13.0 Å². The van der Waals surface area contributed by atoms with E-state index in [4.69, 9.17) is 0 Å². The minimum atomic E-state index is -0.298. The fourth-order valence-electron chi connectivity index (χ4n) is 3.22. The first-order valence-corrected chi connectivity index (χ1v) is 10.3. The Morgan fingerprint density at radius 3 is 2.48 bits per heavy atom. The molecule has 2 amide bonds. The molecule has 154 valence electrons. The normalized spacial score (nSPS) is 13.4. The second-order valence-corrected chi connectivity index (χ2v) is 8.30. The molecular formula is C24H29FN2O2. The van der Waals surface area contributed by atoms with Crippen molar-refractivity contribution in [3.05, 3.63) is 65.5 Å². The van der Waals surface area contributed by atoms with Crippen molar-refractivity contribution in [3.63, 3.8) is 0 Å². The first-order chi connectivity index (χ1) is 13.9. The summed E-state index contributed by atoms with van der Waals surface area (Å²) in [6.45, 7) is 5.13. The summed E-state index contributed by atoms with van der Waals surface area (Å²) in [5.41, 5.74) is 2.49. The Balaban J connectivity index is 1.75. The third-order valence-corrected chi connectivity index (χ3v) is 5.01. The Morgan fingerprint density at radius 1 is 1.10 bits per heavy atom. The first kappa shape index (κ1) is 21.0. The molecule has 1 fully saturated rings. The largest absolute Gasteiger partial charge is 0.356 e. The monoisotopic (exact) mass is 396 g/mol. The van der Waals surface area contributed by atoms with Gasteiger partial charge in [0.1, 0.15) is 5.82 Å². The van der Waals surface area contributed by atoms with Crippen molar-refractivity contribution in [3.8, 4) is 0 Å². The maximum absolute atomic E-state index is 13.3. The number of nitrogens with zero attached hydrogens (tertiary/aromatic N) is 1. The quantitative estimate of drug-likeness (QED) is 0.680. The average molecular weight is 397 g/mol. The van der Waals surface area contributed by atoms with Gasteiger partial charge >= 0.3 is 0 Å². The number of nitrogens with one attached hydrogen (secondary N) is 1. The maximum Gasteiger partial charge on any atom is 0.227 e. The second-order valence-electron chi connectivity index (χ2n) is 8.30.